The van der Waals surface area contributed by atoms with Gasteiger partial charge in [0.2, 0.25) is 5.28 Å². The molecule has 0 aliphatic carbocycles. The van der Waals surface area contributed by atoms with E-state index in [4.69, 9.17) is 11.6 Å². The van der Waals surface area contributed by atoms with Gasteiger partial charge in [-0.05, 0) is 11.6 Å². The lowest BCUT2D eigenvalue weighted by atomic mass is 10.7. The molecule has 0 spiro atoms. The van der Waals surface area contributed by atoms with E-state index in [-0.39, 0.29) is 22.5 Å². The molecule has 0 radical (unpaired) electrons. The Morgan fingerprint density at radius 1 is 1.43 bits per heavy atom. The molecule has 0 aliphatic rings. The zero-order chi connectivity index (χ0) is 10.6. The Morgan fingerprint density at radius 3 is 2.50 bits per heavy atom. The van der Waals surface area contributed by atoms with Crippen molar-refractivity contribution >= 4 is 21.4 Å². The quantitative estimate of drug-likeness (QED) is 0.714. The summed E-state index contributed by atoms with van der Waals surface area (Å²) in [4.78, 5) is 7.23. The monoisotopic (exact) mass is 236 g/mol. The molecule has 0 bridgehead atoms. The summed E-state index contributed by atoms with van der Waals surface area (Å²) in [6, 6.07) is 0. The van der Waals surface area contributed by atoms with Gasteiger partial charge >= 0.3 is 0 Å². The first-order valence-corrected chi connectivity index (χ1v) is 5.78. The number of halogens is 1. The first-order chi connectivity index (χ1) is 6.56. The third kappa shape index (κ3) is 2.90. The third-order valence-corrected chi connectivity index (χ3v) is 3.34. The van der Waals surface area contributed by atoms with Crippen molar-refractivity contribution in [2.45, 2.75) is 4.90 Å². The predicted octanol–water partition coefficient (Wildman–Crippen LogP) is 0.550. The van der Waals surface area contributed by atoms with Crippen LogP contribution in [0.4, 0.5) is 0 Å². The van der Waals surface area contributed by atoms with Crippen LogP contribution in [0.15, 0.2) is 17.3 Å². The Balaban J connectivity index is 2.87. The highest BCUT2D eigenvalue weighted by Crippen LogP contribution is 2.09. The zero-order valence-electron chi connectivity index (χ0n) is 7.47. The summed E-state index contributed by atoms with van der Waals surface area (Å²) in [5, 5.41) is 0.0238. The van der Waals surface area contributed by atoms with E-state index in [1.165, 1.54) is 19.5 Å². The van der Waals surface area contributed by atoms with Gasteiger partial charge in [-0.2, -0.15) is 0 Å². The summed E-state index contributed by atoms with van der Waals surface area (Å²) < 4.78 is 27.7. The molecule has 0 amide bonds. The second-order valence-corrected chi connectivity index (χ2v) is 4.95. The van der Waals surface area contributed by atoms with Crippen molar-refractivity contribution in [2.24, 2.45) is 0 Å². The van der Waals surface area contributed by atoms with Crippen LogP contribution >= 0.6 is 11.6 Å². The number of aromatic nitrogens is 2. The van der Waals surface area contributed by atoms with Gasteiger partial charge in [0.15, 0.2) is 9.84 Å². The highest BCUT2D eigenvalue weighted by atomic mass is 35.5. The van der Waals surface area contributed by atoms with Crippen LogP contribution in [0.2, 0.25) is 5.28 Å². The van der Waals surface area contributed by atoms with Gasteiger partial charge in [0, 0.05) is 7.11 Å². The third-order valence-electron chi connectivity index (χ3n) is 1.51. The van der Waals surface area contributed by atoms with Crippen molar-refractivity contribution < 1.29 is 13.2 Å². The number of hydrogen-bond donors (Lipinski definition) is 0. The maximum atomic E-state index is 11.5. The van der Waals surface area contributed by atoms with Gasteiger partial charge in [0.25, 0.3) is 0 Å². The van der Waals surface area contributed by atoms with Gasteiger partial charge in [-0.15, -0.1) is 0 Å². The number of ether oxygens (including phenoxy) is 1. The van der Waals surface area contributed by atoms with Gasteiger partial charge in [-0.1, -0.05) is 0 Å². The lowest BCUT2D eigenvalue weighted by Crippen LogP contribution is -2.12. The Kier molecular flexibility index (Phi) is 3.79. The Labute approximate surface area is 87.0 Å². The van der Waals surface area contributed by atoms with Crippen LogP contribution < -0.4 is 0 Å². The molecule has 0 N–H and O–H groups in total. The standard InChI is InChI=1S/C7H9ClN2O3S/c1-13-2-3-14(11,12)6-4-9-7(8)10-5-6/h4-5H,2-3H2,1H3. The highest BCUT2D eigenvalue weighted by Gasteiger charge is 2.14. The average molecular weight is 237 g/mol. The fourth-order valence-electron chi connectivity index (χ4n) is 0.772. The Bertz CT molecular complexity index is 390. The van der Waals surface area contributed by atoms with E-state index in [0.717, 1.165) is 0 Å². The van der Waals surface area contributed by atoms with Crippen molar-refractivity contribution in [3.8, 4) is 0 Å². The first-order valence-electron chi connectivity index (χ1n) is 3.75. The summed E-state index contributed by atoms with van der Waals surface area (Å²) >= 11 is 5.42. The van der Waals surface area contributed by atoms with Crippen LogP contribution in [-0.2, 0) is 14.6 Å². The molecule has 78 valence electrons. The van der Waals surface area contributed by atoms with Gasteiger partial charge in [0.1, 0.15) is 4.90 Å². The van der Waals surface area contributed by atoms with Crippen molar-refractivity contribution in [1.82, 2.24) is 9.97 Å². The molecule has 1 aromatic heterocycles. The smallest absolute Gasteiger partial charge is 0.222 e. The lowest BCUT2D eigenvalue weighted by Gasteiger charge is -2.01. The van der Waals surface area contributed by atoms with Gasteiger partial charge < -0.3 is 4.74 Å². The lowest BCUT2D eigenvalue weighted by molar-refractivity contribution is 0.217. The SMILES string of the molecule is COCCS(=O)(=O)c1cnc(Cl)nc1. The minimum atomic E-state index is -3.35. The maximum absolute atomic E-state index is 11.5. The second-order valence-electron chi connectivity index (χ2n) is 2.50. The van der Waals surface area contributed by atoms with Crippen LogP contribution in [0.3, 0.4) is 0 Å². The summed E-state index contributed by atoms with van der Waals surface area (Å²) in [6.07, 6.45) is 2.36. The molecule has 0 fully saturated rings. The van der Waals surface area contributed by atoms with Crippen LogP contribution in [0.25, 0.3) is 0 Å². The Morgan fingerprint density at radius 2 is 2.00 bits per heavy atom. The fraction of sp³-hybridized carbons (Fsp3) is 0.429. The van der Waals surface area contributed by atoms with E-state index in [9.17, 15) is 8.42 Å². The molecule has 0 aliphatic heterocycles. The first kappa shape index (κ1) is 11.4. The topological polar surface area (TPSA) is 69.2 Å². The van der Waals surface area contributed by atoms with Gasteiger partial charge in [-0.25, -0.2) is 18.4 Å². The normalized spacial score (nSPS) is 11.6. The average Bonchev–Trinajstić information content (AvgIpc) is 2.16. The van der Waals surface area contributed by atoms with Crippen LogP contribution in [0.5, 0.6) is 0 Å². The second kappa shape index (κ2) is 4.68. The molecule has 1 aromatic rings. The fourth-order valence-corrected chi connectivity index (χ4v) is 1.92. The largest absolute Gasteiger partial charge is 0.384 e. The molecule has 1 heterocycles. The van der Waals surface area contributed by atoms with Crippen molar-refractivity contribution in [3.63, 3.8) is 0 Å². The number of hydrogen-bond acceptors (Lipinski definition) is 5. The van der Waals surface area contributed by atoms with Crippen LogP contribution in [0, 0.1) is 0 Å². The van der Waals surface area contributed by atoms with E-state index in [2.05, 4.69) is 14.7 Å². The minimum Gasteiger partial charge on any atom is -0.384 e. The Hall–Kier alpha value is -0.720. The molecular weight excluding hydrogens is 228 g/mol. The molecule has 7 heteroatoms. The van der Waals surface area contributed by atoms with Crippen LogP contribution in [-0.4, -0.2) is 37.9 Å². The number of methoxy groups -OCH3 is 1. The van der Waals surface area contributed by atoms with E-state index >= 15 is 0 Å². The van der Waals surface area contributed by atoms with Crippen LogP contribution in [0.1, 0.15) is 0 Å². The molecule has 0 saturated carbocycles. The van der Waals surface area contributed by atoms with E-state index in [0.29, 0.717) is 0 Å². The zero-order valence-corrected chi connectivity index (χ0v) is 9.05. The number of nitrogens with zero attached hydrogens (tertiary/aromatic N) is 2. The molecule has 0 atom stereocenters. The van der Waals surface area contributed by atoms with Gasteiger partial charge in [-0.3, -0.25) is 0 Å². The number of sulfone groups is 1. The molecule has 14 heavy (non-hydrogen) atoms. The van der Waals surface area contributed by atoms with Crippen molar-refractivity contribution in [3.05, 3.63) is 17.7 Å². The maximum Gasteiger partial charge on any atom is 0.222 e. The molecule has 0 aromatic carbocycles. The van der Waals surface area contributed by atoms with Crippen molar-refractivity contribution in [2.75, 3.05) is 19.5 Å². The summed E-state index contributed by atoms with van der Waals surface area (Å²) in [5.74, 6) is -0.0888. The predicted molar refractivity (Wildman–Crippen MR) is 51.0 cm³/mol. The van der Waals surface area contributed by atoms with E-state index in [1.54, 1.807) is 0 Å². The molecule has 5 nitrogen and oxygen atoms in total. The molecule has 1 rings (SSSR count). The summed E-state index contributed by atoms with van der Waals surface area (Å²) in [6.45, 7) is 0.144. The van der Waals surface area contributed by atoms with E-state index in [1.807, 2.05) is 0 Å². The summed E-state index contributed by atoms with van der Waals surface area (Å²) in [5.41, 5.74) is 0. The highest BCUT2D eigenvalue weighted by molar-refractivity contribution is 7.91. The number of rotatable bonds is 4. The minimum absolute atomic E-state index is 0.0238. The van der Waals surface area contributed by atoms with Gasteiger partial charge in [0.05, 0.1) is 24.8 Å². The van der Waals surface area contributed by atoms with Crippen molar-refractivity contribution in [1.29, 1.82) is 0 Å². The summed E-state index contributed by atoms with van der Waals surface area (Å²) in [7, 11) is -1.91. The molecule has 0 unspecified atom stereocenters. The molecule has 0 saturated heterocycles. The van der Waals surface area contributed by atoms with E-state index < -0.39 is 9.84 Å². The molecular formula is C7H9ClN2O3S.